The van der Waals surface area contributed by atoms with Crippen molar-refractivity contribution >= 4 is 38.3 Å². The second-order valence-corrected chi connectivity index (χ2v) is 9.69. The van der Waals surface area contributed by atoms with Gasteiger partial charge in [-0.1, -0.05) is 36.4 Å². The number of anilines is 2. The maximum atomic E-state index is 13.0. The summed E-state index contributed by atoms with van der Waals surface area (Å²) in [5.74, 6) is 0.419. The van der Waals surface area contributed by atoms with E-state index >= 15 is 0 Å². The highest BCUT2D eigenvalue weighted by molar-refractivity contribution is 7.89. The van der Waals surface area contributed by atoms with Crippen LogP contribution in [0.5, 0.6) is 0 Å². The first-order chi connectivity index (χ1) is 17.2. The van der Waals surface area contributed by atoms with Gasteiger partial charge in [0, 0.05) is 28.0 Å². The largest absolute Gasteiger partial charge is 0.382 e. The predicted molar refractivity (Wildman–Crippen MR) is 137 cm³/mol. The maximum Gasteiger partial charge on any atom is 0.256 e. The van der Waals surface area contributed by atoms with Crippen molar-refractivity contribution in [3.8, 4) is 16.8 Å². The topological polar surface area (TPSA) is 159 Å². The molecule has 0 aliphatic carbocycles. The quantitative estimate of drug-likeness (QED) is 0.335. The van der Waals surface area contributed by atoms with E-state index in [2.05, 4.69) is 20.6 Å². The molecule has 0 saturated carbocycles. The second kappa shape index (κ2) is 8.87. The molecule has 0 spiro atoms. The van der Waals surface area contributed by atoms with Crippen molar-refractivity contribution in [2.24, 2.45) is 5.14 Å². The van der Waals surface area contributed by atoms with E-state index in [9.17, 15) is 13.2 Å². The van der Waals surface area contributed by atoms with Crippen LogP contribution in [0.3, 0.4) is 0 Å². The molecule has 0 radical (unpaired) electrons. The Hall–Kier alpha value is -4.61. The van der Waals surface area contributed by atoms with Crippen LogP contribution in [-0.2, 0) is 10.0 Å². The first kappa shape index (κ1) is 23.1. The summed E-state index contributed by atoms with van der Waals surface area (Å²) in [5, 5.41) is 22.1. The predicted octanol–water partition coefficient (Wildman–Crippen LogP) is 3.27. The van der Waals surface area contributed by atoms with Crippen LogP contribution in [0, 0.1) is 6.92 Å². The third-order valence-electron chi connectivity index (χ3n) is 5.64. The van der Waals surface area contributed by atoms with E-state index in [0.29, 0.717) is 39.7 Å². The number of fused-ring (bicyclic) bond motifs is 1. The average molecular weight is 500 g/mol. The van der Waals surface area contributed by atoms with Crippen molar-refractivity contribution in [3.63, 3.8) is 0 Å². The smallest absolute Gasteiger partial charge is 0.256 e. The minimum Gasteiger partial charge on any atom is -0.382 e. The maximum absolute atomic E-state index is 13.0. The van der Waals surface area contributed by atoms with Gasteiger partial charge in [0.05, 0.1) is 22.5 Å². The van der Waals surface area contributed by atoms with Crippen LogP contribution in [-0.4, -0.2) is 34.3 Å². The number of hydrogen-bond acceptors (Lipinski definition) is 7. The summed E-state index contributed by atoms with van der Waals surface area (Å²) in [7, 11) is -3.90. The fourth-order valence-corrected chi connectivity index (χ4v) is 4.71. The van der Waals surface area contributed by atoms with Crippen molar-refractivity contribution < 1.29 is 13.2 Å². The van der Waals surface area contributed by atoms with E-state index in [-0.39, 0.29) is 10.8 Å². The van der Waals surface area contributed by atoms with Gasteiger partial charge in [0.15, 0.2) is 5.82 Å². The molecule has 0 atom stereocenters. The molecule has 0 aliphatic rings. The van der Waals surface area contributed by atoms with Gasteiger partial charge in [0.1, 0.15) is 5.82 Å². The fourth-order valence-electron chi connectivity index (χ4n) is 3.95. The summed E-state index contributed by atoms with van der Waals surface area (Å²) in [5.41, 5.74) is 8.84. The van der Waals surface area contributed by atoms with Gasteiger partial charge in [-0.3, -0.25) is 4.79 Å². The van der Waals surface area contributed by atoms with Crippen LogP contribution in [0.2, 0.25) is 0 Å². The van der Waals surface area contributed by atoms with Gasteiger partial charge in [-0.05, 0) is 42.8 Å². The monoisotopic (exact) mass is 499 g/mol. The Morgan fingerprint density at radius 2 is 1.75 bits per heavy atom. The molecule has 1 amide bonds. The minimum absolute atomic E-state index is 0.0172. The van der Waals surface area contributed by atoms with E-state index < -0.39 is 10.0 Å². The molecule has 0 unspecified atom stereocenters. The second-order valence-electron chi connectivity index (χ2n) is 8.16. The fraction of sp³-hybridized carbons (Fsp3) is 0.0400. The summed E-state index contributed by atoms with van der Waals surface area (Å²) >= 11 is 0. The van der Waals surface area contributed by atoms with Gasteiger partial charge in [-0.25, -0.2) is 18.2 Å². The summed E-state index contributed by atoms with van der Waals surface area (Å²) < 4.78 is 25.5. The van der Waals surface area contributed by atoms with Gasteiger partial charge in [-0.15, -0.1) is 5.10 Å². The number of amides is 1. The van der Waals surface area contributed by atoms with Gasteiger partial charge in [-0.2, -0.15) is 10.2 Å². The molecule has 5 N–H and O–H groups in total. The highest BCUT2D eigenvalue weighted by atomic mass is 32.2. The van der Waals surface area contributed by atoms with Gasteiger partial charge >= 0.3 is 0 Å². The summed E-state index contributed by atoms with van der Waals surface area (Å²) in [6.07, 6.45) is 1.62. The van der Waals surface area contributed by atoms with Gasteiger partial charge in [0.25, 0.3) is 5.91 Å². The van der Waals surface area contributed by atoms with E-state index in [1.807, 2.05) is 25.1 Å². The summed E-state index contributed by atoms with van der Waals surface area (Å²) in [6.45, 7) is 1.82. The Morgan fingerprint density at radius 3 is 2.50 bits per heavy atom. The molecule has 2 aromatic heterocycles. The van der Waals surface area contributed by atoms with E-state index in [0.717, 1.165) is 10.8 Å². The summed E-state index contributed by atoms with van der Waals surface area (Å²) in [6, 6.07) is 20.3. The van der Waals surface area contributed by atoms with Crippen LogP contribution in [0.4, 0.5) is 11.6 Å². The Balaban J connectivity index is 1.44. The molecule has 5 rings (SSSR count). The Labute approximate surface area is 206 Å². The van der Waals surface area contributed by atoms with Crippen LogP contribution in [0.1, 0.15) is 16.1 Å². The summed E-state index contributed by atoms with van der Waals surface area (Å²) in [4.78, 5) is 13.1. The minimum atomic E-state index is -3.90. The first-order valence-corrected chi connectivity index (χ1v) is 12.4. The van der Waals surface area contributed by atoms with E-state index in [1.54, 1.807) is 59.4 Å². The molecule has 0 fully saturated rings. The molecule has 10 nitrogen and oxygen atoms in total. The molecular weight excluding hydrogens is 478 g/mol. The van der Waals surface area contributed by atoms with Gasteiger partial charge < -0.3 is 11.1 Å². The van der Waals surface area contributed by atoms with E-state index in [1.165, 1.54) is 6.07 Å². The lowest BCUT2D eigenvalue weighted by Gasteiger charge is -2.11. The average Bonchev–Trinajstić information content (AvgIpc) is 3.23. The first-order valence-electron chi connectivity index (χ1n) is 10.8. The molecule has 11 heteroatoms. The lowest BCUT2D eigenvalue weighted by Crippen LogP contribution is -2.15. The number of primary sulfonamides is 1. The molecule has 2 heterocycles. The van der Waals surface area contributed by atoms with Gasteiger partial charge in [0.2, 0.25) is 10.0 Å². The number of hydrogen-bond donors (Lipinski definition) is 3. The molecule has 0 bridgehead atoms. The number of sulfonamides is 1. The molecule has 0 saturated heterocycles. The molecular formula is C25H21N7O3S. The zero-order chi connectivity index (χ0) is 25.4. The number of carbonyl (C=O) groups is 1. The van der Waals surface area contributed by atoms with Crippen molar-refractivity contribution in [3.05, 3.63) is 90.3 Å². The van der Waals surface area contributed by atoms with Crippen LogP contribution in [0.15, 0.2) is 83.9 Å². The molecule has 0 aliphatic heterocycles. The third-order valence-corrected chi connectivity index (χ3v) is 6.61. The number of carbonyl (C=O) groups excluding carboxylic acids is 1. The molecule has 36 heavy (non-hydrogen) atoms. The zero-order valence-corrected chi connectivity index (χ0v) is 19.9. The SMILES string of the molecule is Cc1cc(NC(=O)c2ccc(-c3ccccc3S(N)(=O)=O)cc2)n(-c2ccc3cnnc(N)c3c2)n1. The Kier molecular flexibility index (Phi) is 5.71. The number of nitrogens with two attached hydrogens (primary N) is 2. The standard InChI is InChI=1S/C25H21N7O3S/c1-15-12-23(32(31-15)19-11-10-18-14-28-30-24(26)21(18)13-19)29-25(33)17-8-6-16(7-9-17)20-4-2-3-5-22(20)36(27,34)35/h2-14H,1H3,(H2,26,30)(H,29,33)(H2,27,34,35). The lowest BCUT2D eigenvalue weighted by molar-refractivity contribution is 0.102. The number of nitrogen functional groups attached to an aromatic ring is 1. The molecule has 180 valence electrons. The zero-order valence-electron chi connectivity index (χ0n) is 19.1. The lowest BCUT2D eigenvalue weighted by atomic mass is 10.0. The number of nitrogens with zero attached hydrogens (tertiary/aromatic N) is 4. The number of rotatable bonds is 5. The number of aromatic nitrogens is 4. The number of nitrogens with one attached hydrogen (secondary N) is 1. The van der Waals surface area contributed by atoms with Crippen molar-refractivity contribution in [1.29, 1.82) is 0 Å². The highest BCUT2D eigenvalue weighted by Gasteiger charge is 2.16. The Morgan fingerprint density at radius 1 is 1.00 bits per heavy atom. The van der Waals surface area contributed by atoms with Crippen LogP contribution in [0.25, 0.3) is 27.6 Å². The molecule has 5 aromatic rings. The third kappa shape index (κ3) is 4.40. The van der Waals surface area contributed by atoms with Crippen LogP contribution >= 0.6 is 0 Å². The van der Waals surface area contributed by atoms with Crippen LogP contribution < -0.4 is 16.2 Å². The normalized spacial score (nSPS) is 11.5. The number of aryl methyl sites for hydroxylation is 1. The highest BCUT2D eigenvalue weighted by Crippen LogP contribution is 2.28. The molecule has 3 aromatic carbocycles. The van der Waals surface area contributed by atoms with Crippen molar-refractivity contribution in [1.82, 2.24) is 20.0 Å². The van der Waals surface area contributed by atoms with Crippen molar-refractivity contribution in [2.45, 2.75) is 11.8 Å². The van der Waals surface area contributed by atoms with E-state index in [4.69, 9.17) is 10.9 Å². The number of benzene rings is 3. The Bertz CT molecular complexity index is 1730. The van der Waals surface area contributed by atoms with Crippen molar-refractivity contribution in [2.75, 3.05) is 11.1 Å².